The molecule has 20 heavy (non-hydrogen) atoms. The fraction of sp³-hybridized carbons (Fsp3) is 0.471. The van der Waals surface area contributed by atoms with E-state index in [4.69, 9.17) is 10.8 Å². The summed E-state index contributed by atoms with van der Waals surface area (Å²) in [5, 5.41) is 4.70. The van der Waals surface area contributed by atoms with Gasteiger partial charge in [0, 0.05) is 18.2 Å². The summed E-state index contributed by atoms with van der Waals surface area (Å²) in [6, 6.07) is 8.99. The molecule has 1 unspecified atom stereocenters. The van der Waals surface area contributed by atoms with Gasteiger partial charge in [0.1, 0.15) is 0 Å². The van der Waals surface area contributed by atoms with Crippen molar-refractivity contribution in [1.82, 2.24) is 9.78 Å². The highest BCUT2D eigenvalue weighted by Crippen LogP contribution is 2.39. The minimum Gasteiger partial charge on any atom is -0.327 e. The second kappa shape index (κ2) is 5.41. The molecule has 1 aliphatic rings. The van der Waals surface area contributed by atoms with E-state index < -0.39 is 0 Å². The number of nitrogens with zero attached hydrogens (tertiary/aromatic N) is 2. The van der Waals surface area contributed by atoms with Crippen LogP contribution in [0.25, 0.3) is 5.69 Å². The van der Waals surface area contributed by atoms with Crippen molar-refractivity contribution in [2.75, 3.05) is 0 Å². The summed E-state index contributed by atoms with van der Waals surface area (Å²) in [6.45, 7) is 4.28. The maximum absolute atomic E-state index is 6.03. The molecule has 1 saturated carbocycles. The van der Waals surface area contributed by atoms with Gasteiger partial charge < -0.3 is 5.73 Å². The summed E-state index contributed by atoms with van der Waals surface area (Å²) in [5.74, 6) is 0.707. The molecule has 0 radical (unpaired) electrons. The monoisotopic (exact) mass is 269 g/mol. The normalized spacial score (nSPS) is 16.4. The first kappa shape index (κ1) is 13.4. The number of nitrogens with two attached hydrogens (primary N) is 1. The Kier molecular flexibility index (Phi) is 3.62. The van der Waals surface area contributed by atoms with E-state index in [0.717, 1.165) is 12.8 Å². The van der Waals surface area contributed by atoms with Gasteiger partial charge in [0.15, 0.2) is 0 Å². The molecule has 0 spiro atoms. The van der Waals surface area contributed by atoms with Gasteiger partial charge >= 0.3 is 0 Å². The molecule has 2 N–H and O–H groups in total. The second-order valence-corrected chi connectivity index (χ2v) is 5.95. The lowest BCUT2D eigenvalue weighted by Gasteiger charge is -2.12. The maximum atomic E-state index is 6.03. The Morgan fingerprint density at radius 2 is 2.15 bits per heavy atom. The van der Waals surface area contributed by atoms with Gasteiger partial charge in [-0.3, -0.25) is 0 Å². The highest BCUT2D eigenvalue weighted by molar-refractivity contribution is 5.42. The second-order valence-electron chi connectivity index (χ2n) is 5.95. The smallest absolute Gasteiger partial charge is 0.0674 e. The first-order valence-corrected chi connectivity index (χ1v) is 7.58. The lowest BCUT2D eigenvalue weighted by molar-refractivity contribution is 0.646. The Bertz CT molecular complexity index is 596. The van der Waals surface area contributed by atoms with Gasteiger partial charge in [-0.2, -0.15) is 5.10 Å². The lowest BCUT2D eigenvalue weighted by Crippen LogP contribution is -2.21. The van der Waals surface area contributed by atoms with Gasteiger partial charge in [-0.15, -0.1) is 0 Å². The van der Waals surface area contributed by atoms with Crippen LogP contribution in [0.5, 0.6) is 0 Å². The molecule has 1 heterocycles. The average Bonchev–Trinajstić information content (AvgIpc) is 3.17. The van der Waals surface area contributed by atoms with Crippen LogP contribution < -0.4 is 5.73 Å². The molecule has 0 bridgehead atoms. The minimum atomic E-state index is 0.256. The summed E-state index contributed by atoms with van der Waals surface area (Å²) < 4.78 is 2.01. The fourth-order valence-corrected chi connectivity index (χ4v) is 2.62. The maximum Gasteiger partial charge on any atom is 0.0674 e. The van der Waals surface area contributed by atoms with Crippen LogP contribution in [0.2, 0.25) is 0 Å². The van der Waals surface area contributed by atoms with E-state index in [-0.39, 0.29) is 6.04 Å². The van der Waals surface area contributed by atoms with Gasteiger partial charge in [-0.1, -0.05) is 19.1 Å². The highest BCUT2D eigenvalue weighted by Gasteiger charge is 2.25. The zero-order valence-electron chi connectivity index (χ0n) is 12.3. The van der Waals surface area contributed by atoms with E-state index in [0.29, 0.717) is 5.92 Å². The summed E-state index contributed by atoms with van der Waals surface area (Å²) in [5.41, 5.74) is 11.0. The molecule has 1 fully saturated rings. The fourth-order valence-electron chi connectivity index (χ4n) is 2.62. The Morgan fingerprint density at radius 3 is 2.80 bits per heavy atom. The van der Waals surface area contributed by atoms with Crippen molar-refractivity contribution in [2.24, 2.45) is 5.73 Å². The molecule has 0 saturated heterocycles. The van der Waals surface area contributed by atoms with Crippen molar-refractivity contribution >= 4 is 0 Å². The van der Waals surface area contributed by atoms with Crippen LogP contribution in [0, 0.1) is 6.92 Å². The highest BCUT2D eigenvalue weighted by atomic mass is 15.3. The molecule has 1 atom stereocenters. The number of aryl methyl sites for hydroxylation is 1. The molecule has 3 rings (SSSR count). The van der Waals surface area contributed by atoms with E-state index in [2.05, 4.69) is 44.3 Å². The third-order valence-electron chi connectivity index (χ3n) is 4.14. The molecule has 3 nitrogen and oxygen atoms in total. The SMILES string of the molecule is CCC(N)Cc1ccc(-n2ccc(C3CC3)n2)c(C)c1. The van der Waals surface area contributed by atoms with Crippen LogP contribution in [0.3, 0.4) is 0 Å². The lowest BCUT2D eigenvalue weighted by atomic mass is 10.0. The van der Waals surface area contributed by atoms with Gasteiger partial charge in [0.2, 0.25) is 0 Å². The summed E-state index contributed by atoms with van der Waals surface area (Å²) in [4.78, 5) is 0. The summed E-state index contributed by atoms with van der Waals surface area (Å²) in [6.07, 6.45) is 6.63. The van der Waals surface area contributed by atoms with Gasteiger partial charge in [0.05, 0.1) is 11.4 Å². The molecule has 2 aromatic rings. The molecule has 0 aliphatic heterocycles. The Labute approximate surface area is 120 Å². The van der Waals surface area contributed by atoms with Crippen molar-refractivity contribution in [3.05, 3.63) is 47.3 Å². The molecular weight excluding hydrogens is 246 g/mol. The van der Waals surface area contributed by atoms with Crippen LogP contribution in [0.1, 0.15) is 48.9 Å². The predicted octanol–water partition coefficient (Wildman–Crippen LogP) is 3.34. The van der Waals surface area contributed by atoms with Gasteiger partial charge in [-0.05, 0) is 55.9 Å². The van der Waals surface area contributed by atoms with E-state index in [9.17, 15) is 0 Å². The number of hydrogen-bond donors (Lipinski definition) is 1. The topological polar surface area (TPSA) is 43.8 Å². The molecule has 1 aromatic carbocycles. The molecule has 3 heteroatoms. The standard InChI is InChI=1S/C17H23N3/c1-3-15(18)11-13-4-7-17(12(2)10-13)20-9-8-16(19-20)14-5-6-14/h4,7-10,14-15H,3,5-6,11,18H2,1-2H3. The van der Waals surface area contributed by atoms with Crippen LogP contribution in [-0.4, -0.2) is 15.8 Å². The number of aromatic nitrogens is 2. The van der Waals surface area contributed by atoms with Crippen molar-refractivity contribution < 1.29 is 0 Å². The average molecular weight is 269 g/mol. The van der Waals surface area contributed by atoms with E-state index in [1.165, 1.54) is 35.3 Å². The zero-order valence-corrected chi connectivity index (χ0v) is 12.3. The molecule has 106 valence electrons. The minimum absolute atomic E-state index is 0.256. The summed E-state index contributed by atoms with van der Waals surface area (Å²) >= 11 is 0. The first-order valence-electron chi connectivity index (χ1n) is 7.58. The number of benzene rings is 1. The largest absolute Gasteiger partial charge is 0.327 e. The van der Waals surface area contributed by atoms with Crippen LogP contribution >= 0.6 is 0 Å². The van der Waals surface area contributed by atoms with Crippen molar-refractivity contribution in [2.45, 2.75) is 51.5 Å². The number of rotatable bonds is 5. The Morgan fingerprint density at radius 1 is 1.35 bits per heavy atom. The Hall–Kier alpha value is -1.61. The third-order valence-corrected chi connectivity index (χ3v) is 4.14. The Balaban J connectivity index is 1.82. The van der Waals surface area contributed by atoms with Crippen LogP contribution in [0.15, 0.2) is 30.5 Å². The quantitative estimate of drug-likeness (QED) is 0.904. The van der Waals surface area contributed by atoms with Crippen molar-refractivity contribution in [3.8, 4) is 5.69 Å². The van der Waals surface area contributed by atoms with E-state index in [1.807, 2.05) is 4.68 Å². The number of hydrogen-bond acceptors (Lipinski definition) is 2. The van der Waals surface area contributed by atoms with E-state index in [1.54, 1.807) is 0 Å². The van der Waals surface area contributed by atoms with Crippen molar-refractivity contribution in [3.63, 3.8) is 0 Å². The molecular formula is C17H23N3. The molecule has 0 amide bonds. The first-order chi connectivity index (χ1) is 9.67. The van der Waals surface area contributed by atoms with Gasteiger partial charge in [-0.25, -0.2) is 4.68 Å². The van der Waals surface area contributed by atoms with Crippen LogP contribution in [0.4, 0.5) is 0 Å². The predicted molar refractivity (Wildman–Crippen MR) is 82.2 cm³/mol. The van der Waals surface area contributed by atoms with Gasteiger partial charge in [0.25, 0.3) is 0 Å². The van der Waals surface area contributed by atoms with Crippen LogP contribution in [-0.2, 0) is 6.42 Å². The van der Waals surface area contributed by atoms with E-state index >= 15 is 0 Å². The zero-order chi connectivity index (χ0) is 14.1. The summed E-state index contributed by atoms with van der Waals surface area (Å²) in [7, 11) is 0. The van der Waals surface area contributed by atoms with Crippen molar-refractivity contribution in [1.29, 1.82) is 0 Å². The molecule has 1 aromatic heterocycles. The third kappa shape index (κ3) is 2.78. The molecule has 1 aliphatic carbocycles.